The van der Waals surface area contributed by atoms with Crippen molar-refractivity contribution >= 4 is 0 Å². The zero-order chi connectivity index (χ0) is 9.07. The van der Waals surface area contributed by atoms with Gasteiger partial charge in [-0.2, -0.15) is 8.78 Å². The fourth-order valence-electron chi connectivity index (χ4n) is 0.380. The highest BCUT2D eigenvalue weighted by Crippen LogP contribution is 2.28. The second-order valence-corrected chi connectivity index (χ2v) is 1.86. The standard InChI is InChI=1S/C5H5F6/c6-1-3(8)4(9)5(10,11)2-7/h2-4H,1H2. The smallest absolute Gasteiger partial charge is 0.248 e. The van der Waals surface area contributed by atoms with Crippen molar-refractivity contribution in [1.82, 2.24) is 0 Å². The second-order valence-electron chi connectivity index (χ2n) is 1.86. The minimum atomic E-state index is -4.55. The molecule has 0 aliphatic heterocycles. The molecule has 0 bridgehead atoms. The first-order valence-corrected chi connectivity index (χ1v) is 2.62. The molecule has 2 unspecified atom stereocenters. The van der Waals surface area contributed by atoms with E-state index in [1.54, 1.807) is 0 Å². The third-order valence-electron chi connectivity index (χ3n) is 0.978. The molecule has 0 aromatic heterocycles. The van der Waals surface area contributed by atoms with Gasteiger partial charge in [0.2, 0.25) is 6.67 Å². The summed E-state index contributed by atoms with van der Waals surface area (Å²) < 4.78 is 69.6. The van der Waals surface area contributed by atoms with E-state index in [1.807, 2.05) is 0 Å². The Morgan fingerprint density at radius 1 is 1.27 bits per heavy atom. The Morgan fingerprint density at radius 2 is 1.73 bits per heavy atom. The molecule has 0 N–H and O–H groups in total. The highest BCUT2D eigenvalue weighted by molar-refractivity contribution is 4.88. The topological polar surface area (TPSA) is 0 Å². The van der Waals surface area contributed by atoms with Crippen LogP contribution in [0, 0.1) is 6.67 Å². The third-order valence-corrected chi connectivity index (χ3v) is 0.978. The van der Waals surface area contributed by atoms with Crippen LogP contribution in [0.1, 0.15) is 0 Å². The summed E-state index contributed by atoms with van der Waals surface area (Å²) in [6.07, 6.45) is -6.45. The normalized spacial score (nSPS) is 18.0. The molecule has 0 rings (SSSR count). The fourth-order valence-corrected chi connectivity index (χ4v) is 0.380. The van der Waals surface area contributed by atoms with E-state index in [4.69, 9.17) is 0 Å². The SMILES string of the molecule is F[CH]C(F)(F)C(F)C(F)CF. The Kier molecular flexibility index (Phi) is 3.68. The first-order chi connectivity index (χ1) is 4.95. The van der Waals surface area contributed by atoms with Gasteiger partial charge in [-0.25, -0.2) is 17.6 Å². The van der Waals surface area contributed by atoms with Gasteiger partial charge in [0.15, 0.2) is 12.3 Å². The Balaban J connectivity index is 4.10. The fraction of sp³-hybridized carbons (Fsp3) is 0.800. The molecule has 0 aromatic carbocycles. The van der Waals surface area contributed by atoms with Crippen LogP contribution < -0.4 is 0 Å². The minimum absolute atomic E-state index is 1.29. The molecular formula is C5H5F6. The molecule has 0 aliphatic carbocycles. The molecule has 0 spiro atoms. The van der Waals surface area contributed by atoms with Crippen molar-refractivity contribution in [3.63, 3.8) is 0 Å². The highest BCUT2D eigenvalue weighted by Gasteiger charge is 2.46. The molecule has 0 heterocycles. The van der Waals surface area contributed by atoms with Crippen LogP contribution in [0.15, 0.2) is 0 Å². The predicted molar refractivity (Wildman–Crippen MR) is 26.1 cm³/mol. The van der Waals surface area contributed by atoms with Gasteiger partial charge < -0.3 is 0 Å². The van der Waals surface area contributed by atoms with Gasteiger partial charge in [-0.15, -0.1) is 0 Å². The zero-order valence-electron chi connectivity index (χ0n) is 5.21. The molecule has 11 heavy (non-hydrogen) atoms. The molecule has 1 radical (unpaired) electrons. The minimum Gasteiger partial charge on any atom is -0.248 e. The van der Waals surface area contributed by atoms with Gasteiger partial charge in [0, 0.05) is 0 Å². The van der Waals surface area contributed by atoms with E-state index >= 15 is 0 Å². The van der Waals surface area contributed by atoms with Crippen molar-refractivity contribution < 1.29 is 26.3 Å². The summed E-state index contributed by atoms with van der Waals surface area (Å²) in [6.45, 7) is -3.19. The van der Waals surface area contributed by atoms with E-state index in [-0.39, 0.29) is 0 Å². The number of hydrogen-bond acceptors (Lipinski definition) is 0. The van der Waals surface area contributed by atoms with Crippen LogP contribution in [0.2, 0.25) is 0 Å². The van der Waals surface area contributed by atoms with Gasteiger partial charge in [0.25, 0.3) is 0 Å². The van der Waals surface area contributed by atoms with E-state index in [2.05, 4.69) is 0 Å². The lowest BCUT2D eigenvalue weighted by atomic mass is 10.1. The van der Waals surface area contributed by atoms with Crippen LogP contribution in [0.4, 0.5) is 26.3 Å². The second kappa shape index (κ2) is 3.82. The molecule has 0 aromatic rings. The summed E-state index contributed by atoms with van der Waals surface area (Å²) in [6, 6.07) is 0. The lowest BCUT2D eigenvalue weighted by Gasteiger charge is -2.17. The van der Waals surface area contributed by atoms with Crippen molar-refractivity contribution in [2.45, 2.75) is 18.3 Å². The van der Waals surface area contributed by atoms with Gasteiger partial charge in [-0.05, 0) is 0 Å². The molecule has 67 valence electrons. The Morgan fingerprint density at radius 3 is 2.00 bits per heavy atom. The van der Waals surface area contributed by atoms with Crippen LogP contribution in [-0.4, -0.2) is 24.9 Å². The monoisotopic (exact) mass is 179 g/mol. The van der Waals surface area contributed by atoms with Crippen molar-refractivity contribution in [2.24, 2.45) is 0 Å². The van der Waals surface area contributed by atoms with Crippen molar-refractivity contribution in [1.29, 1.82) is 0 Å². The molecule has 0 saturated heterocycles. The van der Waals surface area contributed by atoms with Gasteiger partial charge in [-0.1, -0.05) is 0 Å². The summed E-state index contributed by atoms with van der Waals surface area (Å²) in [5.41, 5.74) is 0. The number of rotatable bonds is 4. The predicted octanol–water partition coefficient (Wildman–Crippen LogP) is 2.40. The molecule has 2 atom stereocenters. The third kappa shape index (κ3) is 2.59. The average molecular weight is 179 g/mol. The largest absolute Gasteiger partial charge is 0.315 e. The van der Waals surface area contributed by atoms with Crippen LogP contribution in [0.25, 0.3) is 0 Å². The maximum Gasteiger partial charge on any atom is 0.315 e. The van der Waals surface area contributed by atoms with Gasteiger partial charge in [0.1, 0.15) is 6.67 Å². The van der Waals surface area contributed by atoms with Crippen molar-refractivity contribution in [3.8, 4) is 0 Å². The first kappa shape index (κ1) is 10.6. The lowest BCUT2D eigenvalue weighted by Crippen LogP contribution is -2.37. The lowest BCUT2D eigenvalue weighted by molar-refractivity contribution is -0.0911. The van der Waals surface area contributed by atoms with E-state index in [0.717, 1.165) is 0 Å². The van der Waals surface area contributed by atoms with Gasteiger partial charge in [-0.3, -0.25) is 0 Å². The van der Waals surface area contributed by atoms with Crippen LogP contribution in [0.5, 0.6) is 0 Å². The first-order valence-electron chi connectivity index (χ1n) is 2.62. The van der Waals surface area contributed by atoms with E-state index in [1.165, 1.54) is 0 Å². The number of halogens is 6. The summed E-state index contributed by atoms with van der Waals surface area (Å²) in [5.74, 6) is -4.55. The Bertz CT molecular complexity index is 114. The molecule has 0 aliphatic rings. The molecule has 6 heteroatoms. The highest BCUT2D eigenvalue weighted by atomic mass is 19.3. The maximum absolute atomic E-state index is 11.9. The molecular weight excluding hydrogens is 174 g/mol. The Hall–Kier alpha value is -0.420. The average Bonchev–Trinajstić information content (AvgIpc) is 2.01. The summed E-state index contributed by atoms with van der Waals surface area (Å²) in [4.78, 5) is 0. The van der Waals surface area contributed by atoms with Gasteiger partial charge in [0.05, 0.1) is 0 Å². The van der Waals surface area contributed by atoms with Crippen LogP contribution >= 0.6 is 0 Å². The quantitative estimate of drug-likeness (QED) is 0.581. The maximum atomic E-state index is 11.9. The molecule has 0 amide bonds. The molecule has 0 saturated carbocycles. The van der Waals surface area contributed by atoms with E-state index < -0.39 is 31.6 Å². The summed E-state index contributed by atoms with van der Waals surface area (Å²) in [7, 11) is 0. The molecule has 0 fully saturated rings. The van der Waals surface area contributed by atoms with Crippen molar-refractivity contribution in [3.05, 3.63) is 6.67 Å². The van der Waals surface area contributed by atoms with Crippen LogP contribution in [-0.2, 0) is 0 Å². The van der Waals surface area contributed by atoms with E-state index in [0.29, 0.717) is 0 Å². The zero-order valence-corrected chi connectivity index (χ0v) is 5.21. The summed E-state index contributed by atoms with van der Waals surface area (Å²) in [5, 5.41) is 0. The number of alkyl halides is 5. The van der Waals surface area contributed by atoms with Crippen LogP contribution in [0.3, 0.4) is 0 Å². The Labute approximate surface area is 59.2 Å². The summed E-state index contributed by atoms with van der Waals surface area (Å²) >= 11 is 0. The van der Waals surface area contributed by atoms with E-state index in [9.17, 15) is 26.3 Å². The molecule has 0 nitrogen and oxygen atoms in total. The van der Waals surface area contributed by atoms with Gasteiger partial charge >= 0.3 is 5.92 Å². The van der Waals surface area contributed by atoms with Crippen molar-refractivity contribution in [2.75, 3.05) is 6.67 Å². The number of hydrogen-bond donors (Lipinski definition) is 0.